The van der Waals surface area contributed by atoms with Crippen molar-refractivity contribution in [2.45, 2.75) is 25.5 Å². The van der Waals surface area contributed by atoms with Crippen LogP contribution in [0.1, 0.15) is 43.8 Å². The van der Waals surface area contributed by atoms with E-state index in [0.717, 1.165) is 4.88 Å². The van der Waals surface area contributed by atoms with Crippen molar-refractivity contribution in [2.75, 3.05) is 19.5 Å². The first-order valence-corrected chi connectivity index (χ1v) is 13.3. The third-order valence-corrected chi connectivity index (χ3v) is 7.62. The van der Waals surface area contributed by atoms with Crippen LogP contribution in [0.5, 0.6) is 11.5 Å². The number of alkyl halides is 2. The number of ether oxygens (including phenoxy) is 3. The lowest BCUT2D eigenvalue weighted by Crippen LogP contribution is -2.15. The average Bonchev–Trinajstić information content (AvgIpc) is 3.42. The van der Waals surface area contributed by atoms with Gasteiger partial charge in [0.2, 0.25) is 0 Å². The van der Waals surface area contributed by atoms with E-state index >= 15 is 0 Å². The Morgan fingerprint density at radius 3 is 2.41 bits per heavy atom. The molecule has 6 nitrogen and oxygen atoms in total. The molecular formula is C28H25Cl2F2N2O4S+. The number of halogens is 4. The Morgan fingerprint density at radius 1 is 0.974 bits per heavy atom. The molecule has 0 fully saturated rings. The lowest BCUT2D eigenvalue weighted by Gasteiger charge is -2.20. The molecule has 0 amide bonds. The Balaban J connectivity index is 1.53. The normalized spacial score (nSPS) is 11.8. The standard InChI is InChI=1S/C28H24Cl2F2N2O4S/c1-36-23-8-6-16(11-25(23)37-2)24(12-20-21(29)14-33-15-22(20)30)38-28(35)26-9-7-19(39-26)13-34-18-5-3-4-17(10-18)27(31)32/h3-11,14-15,24,27,34H,12-13H2,1-2H3/p+1/t24-/m0/s1. The van der Waals surface area contributed by atoms with E-state index in [1.165, 1.54) is 37.7 Å². The van der Waals surface area contributed by atoms with E-state index in [2.05, 4.69) is 10.3 Å². The van der Waals surface area contributed by atoms with Gasteiger partial charge in [0.05, 0.1) is 14.2 Å². The largest absolute Gasteiger partial charge is 0.493 e. The molecule has 11 heteroatoms. The molecule has 0 radical (unpaired) electrons. The fourth-order valence-electron chi connectivity index (χ4n) is 3.88. The first-order valence-electron chi connectivity index (χ1n) is 11.8. The van der Waals surface area contributed by atoms with E-state index in [1.807, 2.05) is 0 Å². The molecule has 0 saturated heterocycles. The van der Waals surface area contributed by atoms with Crippen molar-refractivity contribution in [3.8, 4) is 11.5 Å². The first kappa shape index (κ1) is 28.6. The Labute approximate surface area is 238 Å². The maximum absolute atomic E-state index is 13.2. The quantitative estimate of drug-likeness (QED) is 0.181. The van der Waals surface area contributed by atoms with E-state index < -0.39 is 18.5 Å². The number of benzene rings is 2. The molecular weight excluding hydrogens is 569 g/mol. The zero-order chi connectivity index (χ0) is 27.9. The number of thiophene rings is 1. The maximum Gasteiger partial charge on any atom is 0.348 e. The summed E-state index contributed by atoms with van der Waals surface area (Å²) in [6.45, 7) is 0.357. The fraction of sp³-hybridized carbons (Fsp3) is 0.214. The summed E-state index contributed by atoms with van der Waals surface area (Å²) in [6.07, 6.45) is 0.133. The molecule has 2 aromatic heterocycles. The molecule has 1 atom stereocenters. The maximum atomic E-state index is 13.2. The Kier molecular flexibility index (Phi) is 9.61. The zero-order valence-corrected chi connectivity index (χ0v) is 23.3. The second-order valence-corrected chi connectivity index (χ2v) is 10.4. The minimum Gasteiger partial charge on any atom is -0.493 e. The van der Waals surface area contributed by atoms with E-state index in [-0.39, 0.29) is 12.0 Å². The lowest BCUT2D eigenvalue weighted by atomic mass is 10.0. The van der Waals surface area contributed by atoms with Crippen LogP contribution in [0.4, 0.5) is 14.5 Å². The number of methoxy groups -OCH3 is 2. The highest BCUT2D eigenvalue weighted by Gasteiger charge is 2.24. The summed E-state index contributed by atoms with van der Waals surface area (Å²) in [5.74, 6) is 0.488. The number of pyridine rings is 1. The third-order valence-electron chi connectivity index (χ3n) is 5.88. The fourth-order valence-corrected chi connectivity index (χ4v) is 5.24. The third kappa shape index (κ3) is 7.17. The second kappa shape index (κ2) is 13.1. The van der Waals surface area contributed by atoms with Crippen molar-refractivity contribution in [1.82, 2.24) is 0 Å². The number of aromatic nitrogens is 1. The number of carbonyl (C=O) groups excluding carboxylic acids is 1. The monoisotopic (exact) mass is 593 g/mol. The van der Waals surface area contributed by atoms with Gasteiger partial charge in [-0.05, 0) is 42.0 Å². The van der Waals surface area contributed by atoms with Gasteiger partial charge in [-0.2, -0.15) is 0 Å². The van der Waals surface area contributed by atoms with Gasteiger partial charge < -0.3 is 19.5 Å². The van der Waals surface area contributed by atoms with Crippen LogP contribution in [0.15, 0.2) is 67.0 Å². The van der Waals surface area contributed by atoms with Crippen molar-refractivity contribution in [3.63, 3.8) is 0 Å². The summed E-state index contributed by atoms with van der Waals surface area (Å²) >= 11 is 14.0. The number of esters is 1. The van der Waals surface area contributed by atoms with Gasteiger partial charge in [-0.15, -0.1) is 11.3 Å². The number of H-pyrrole nitrogens is 1. The van der Waals surface area contributed by atoms with Gasteiger partial charge in [0.1, 0.15) is 21.0 Å². The zero-order valence-electron chi connectivity index (χ0n) is 21.0. The number of nitrogens with one attached hydrogen (secondary N) is 2. The second-order valence-electron chi connectivity index (χ2n) is 8.39. The van der Waals surface area contributed by atoms with Crippen LogP contribution in [-0.2, 0) is 17.7 Å². The number of anilines is 1. The van der Waals surface area contributed by atoms with Gasteiger partial charge >= 0.3 is 5.97 Å². The van der Waals surface area contributed by atoms with E-state index in [4.69, 9.17) is 37.4 Å². The Morgan fingerprint density at radius 2 is 1.72 bits per heavy atom. The molecule has 4 rings (SSSR count). The molecule has 0 aliphatic rings. The summed E-state index contributed by atoms with van der Waals surface area (Å²) in [5, 5.41) is 3.92. The molecule has 0 unspecified atom stereocenters. The highest BCUT2D eigenvalue weighted by Crippen LogP contribution is 2.35. The highest BCUT2D eigenvalue weighted by molar-refractivity contribution is 7.13. The van der Waals surface area contributed by atoms with Crippen molar-refractivity contribution >= 4 is 46.2 Å². The molecule has 2 heterocycles. The van der Waals surface area contributed by atoms with Crippen LogP contribution in [0, 0.1) is 0 Å². The molecule has 39 heavy (non-hydrogen) atoms. The summed E-state index contributed by atoms with van der Waals surface area (Å²) in [4.78, 5) is 17.3. The predicted octanol–water partition coefficient (Wildman–Crippen LogP) is 7.58. The molecule has 204 valence electrons. The predicted molar refractivity (Wildman–Crippen MR) is 147 cm³/mol. The van der Waals surface area contributed by atoms with E-state index in [0.29, 0.717) is 49.8 Å². The number of hydrogen-bond acceptors (Lipinski definition) is 6. The lowest BCUT2D eigenvalue weighted by molar-refractivity contribution is -0.377. The van der Waals surface area contributed by atoms with Crippen LogP contribution in [0.25, 0.3) is 0 Å². The summed E-state index contributed by atoms with van der Waals surface area (Å²) in [7, 11) is 3.06. The van der Waals surface area contributed by atoms with Crippen LogP contribution in [-0.4, -0.2) is 20.2 Å². The molecule has 2 aromatic carbocycles. The number of carbonyl (C=O) groups is 1. The van der Waals surface area contributed by atoms with Crippen molar-refractivity contribution in [3.05, 3.63) is 103 Å². The Hall–Kier alpha value is -3.40. The number of hydrogen-bond donors (Lipinski definition) is 1. The Bertz CT molecular complexity index is 1430. The SMILES string of the molecule is COc1ccc([C@H](Cc2c(Cl)c[nH+]cc2Cl)OC(=O)c2ccc(CNc3cccc(C(F)F)c3)s2)cc1OC. The molecule has 0 spiro atoms. The van der Waals surface area contributed by atoms with Crippen molar-refractivity contribution in [1.29, 1.82) is 0 Å². The molecule has 0 aliphatic carbocycles. The number of aromatic amines is 1. The van der Waals surface area contributed by atoms with E-state index in [9.17, 15) is 13.6 Å². The van der Waals surface area contributed by atoms with Crippen molar-refractivity contribution in [2.24, 2.45) is 0 Å². The molecule has 0 aliphatic heterocycles. The van der Waals surface area contributed by atoms with Gasteiger partial charge in [-0.25, -0.2) is 18.6 Å². The molecule has 0 bridgehead atoms. The van der Waals surface area contributed by atoms with Crippen molar-refractivity contribution < 1.29 is 32.8 Å². The minimum absolute atomic E-state index is 0.0619. The topological polar surface area (TPSA) is 70.9 Å². The van der Waals surface area contributed by atoms with Crippen LogP contribution in [0.2, 0.25) is 10.0 Å². The highest BCUT2D eigenvalue weighted by atomic mass is 35.5. The van der Waals surface area contributed by atoms with Gasteiger partial charge in [0.25, 0.3) is 6.43 Å². The molecule has 2 N–H and O–H groups in total. The first-order chi connectivity index (χ1) is 18.8. The van der Waals surface area contributed by atoms with Gasteiger partial charge in [0, 0.05) is 34.7 Å². The van der Waals surface area contributed by atoms with Crippen LogP contribution in [0.3, 0.4) is 0 Å². The van der Waals surface area contributed by atoms with Crippen LogP contribution >= 0.6 is 34.5 Å². The van der Waals surface area contributed by atoms with E-state index in [1.54, 1.807) is 54.9 Å². The van der Waals surface area contributed by atoms with Gasteiger partial charge in [-0.1, -0.05) is 41.4 Å². The molecule has 4 aromatic rings. The van der Waals surface area contributed by atoms with Gasteiger partial charge in [-0.3, -0.25) is 0 Å². The number of rotatable bonds is 11. The van der Waals surface area contributed by atoms with Gasteiger partial charge in [0.15, 0.2) is 23.9 Å². The summed E-state index contributed by atoms with van der Waals surface area (Å²) < 4.78 is 42.7. The minimum atomic E-state index is -2.55. The van der Waals surface area contributed by atoms with Crippen LogP contribution < -0.4 is 19.8 Å². The summed E-state index contributed by atoms with van der Waals surface area (Å²) in [5.41, 5.74) is 1.78. The summed E-state index contributed by atoms with van der Waals surface area (Å²) in [6, 6.07) is 14.8. The average molecular weight is 594 g/mol. The smallest absolute Gasteiger partial charge is 0.348 e. The molecule has 0 saturated carbocycles.